The molecule has 2 amide bonds. The van der Waals surface area contributed by atoms with Gasteiger partial charge in [0.1, 0.15) is 0 Å². The molecule has 28 heavy (non-hydrogen) atoms. The van der Waals surface area contributed by atoms with E-state index in [1.807, 2.05) is 0 Å². The summed E-state index contributed by atoms with van der Waals surface area (Å²) in [6, 6.07) is 0.122. The van der Waals surface area contributed by atoms with Crippen molar-refractivity contribution in [3.05, 3.63) is 12.2 Å². The van der Waals surface area contributed by atoms with Gasteiger partial charge in [0.25, 0.3) is 11.8 Å². The van der Waals surface area contributed by atoms with Crippen molar-refractivity contribution in [2.75, 3.05) is 0 Å². The van der Waals surface area contributed by atoms with E-state index in [9.17, 15) is 9.59 Å². The zero-order valence-electron chi connectivity index (χ0n) is 18.8. The molecule has 4 atom stereocenters. The van der Waals surface area contributed by atoms with Crippen LogP contribution in [0.25, 0.3) is 0 Å². The number of hydrogen-bond acceptors (Lipinski definition) is 2. The van der Waals surface area contributed by atoms with Gasteiger partial charge in [-0.1, -0.05) is 79.1 Å². The van der Waals surface area contributed by atoms with Crippen molar-refractivity contribution in [2.24, 2.45) is 23.7 Å². The van der Waals surface area contributed by atoms with Crippen molar-refractivity contribution in [1.29, 1.82) is 0 Å². The average molecular weight is 390 g/mol. The summed E-state index contributed by atoms with van der Waals surface area (Å²) in [6.07, 6.45) is 17.6. The molecule has 0 aromatic rings. The summed E-state index contributed by atoms with van der Waals surface area (Å²) in [7, 11) is 0. The highest BCUT2D eigenvalue weighted by Gasteiger charge is 2.53. The molecule has 3 nitrogen and oxygen atoms in total. The summed E-state index contributed by atoms with van der Waals surface area (Å²) >= 11 is 0. The molecule has 1 aliphatic carbocycles. The number of imide groups is 1. The van der Waals surface area contributed by atoms with E-state index in [1.165, 1.54) is 76.4 Å². The van der Waals surface area contributed by atoms with Crippen LogP contribution < -0.4 is 0 Å². The van der Waals surface area contributed by atoms with Crippen LogP contribution in [0.4, 0.5) is 0 Å². The lowest BCUT2D eigenvalue weighted by Gasteiger charge is -2.34. The minimum Gasteiger partial charge on any atom is -0.272 e. The molecule has 0 N–H and O–H groups in total. The maximum absolute atomic E-state index is 12.7. The fourth-order valence-corrected chi connectivity index (χ4v) is 5.93. The first-order valence-corrected chi connectivity index (χ1v) is 12.2. The van der Waals surface area contributed by atoms with Gasteiger partial charge in [0, 0.05) is 18.2 Å². The van der Waals surface area contributed by atoms with Crippen molar-refractivity contribution >= 4 is 11.8 Å². The van der Waals surface area contributed by atoms with Crippen molar-refractivity contribution < 1.29 is 9.59 Å². The Hall–Kier alpha value is -1.12. The molecule has 0 aromatic heterocycles. The van der Waals surface area contributed by atoms with Crippen LogP contribution in [0.3, 0.4) is 0 Å². The summed E-state index contributed by atoms with van der Waals surface area (Å²) in [4.78, 5) is 27.0. The van der Waals surface area contributed by atoms with Crippen molar-refractivity contribution in [3.63, 3.8) is 0 Å². The van der Waals surface area contributed by atoms with E-state index >= 15 is 0 Å². The zero-order valence-corrected chi connectivity index (χ0v) is 18.8. The molecule has 1 fully saturated rings. The van der Waals surface area contributed by atoms with E-state index in [0.717, 1.165) is 12.8 Å². The first-order chi connectivity index (χ1) is 13.6. The van der Waals surface area contributed by atoms with E-state index < -0.39 is 0 Å². The SMILES string of the molecule is CCCCC1C(CCCC)C(CCCC)C(N2C(=O)C=CC2=O)C1CCCC. The van der Waals surface area contributed by atoms with Gasteiger partial charge in [0.2, 0.25) is 0 Å². The molecule has 160 valence electrons. The first-order valence-electron chi connectivity index (χ1n) is 12.2. The largest absolute Gasteiger partial charge is 0.272 e. The molecule has 0 aromatic carbocycles. The number of rotatable bonds is 13. The molecule has 1 heterocycles. The van der Waals surface area contributed by atoms with Crippen LogP contribution in [-0.4, -0.2) is 22.8 Å². The summed E-state index contributed by atoms with van der Waals surface area (Å²) in [5, 5.41) is 0. The molecule has 4 unspecified atom stereocenters. The van der Waals surface area contributed by atoms with Crippen molar-refractivity contribution in [3.8, 4) is 0 Å². The monoisotopic (exact) mass is 389 g/mol. The van der Waals surface area contributed by atoms with E-state index in [1.54, 1.807) is 4.90 Å². The second kappa shape index (κ2) is 11.8. The third-order valence-corrected chi connectivity index (χ3v) is 7.23. The second-order valence-corrected chi connectivity index (χ2v) is 9.09. The molecule has 1 aliphatic heterocycles. The molecule has 3 heteroatoms. The Balaban J connectivity index is 2.39. The lowest BCUT2D eigenvalue weighted by Crippen LogP contribution is -2.46. The smallest absolute Gasteiger partial charge is 0.253 e. The van der Waals surface area contributed by atoms with Crippen LogP contribution in [0.2, 0.25) is 0 Å². The molecule has 0 spiro atoms. The van der Waals surface area contributed by atoms with E-state index in [4.69, 9.17) is 0 Å². The highest BCUT2D eigenvalue weighted by Crippen LogP contribution is 2.52. The molecule has 1 saturated carbocycles. The lowest BCUT2D eigenvalue weighted by molar-refractivity contribution is -0.141. The van der Waals surface area contributed by atoms with Gasteiger partial charge in [0.15, 0.2) is 0 Å². The summed E-state index contributed by atoms with van der Waals surface area (Å²) in [5.41, 5.74) is 0. The molecule has 0 bridgehead atoms. The van der Waals surface area contributed by atoms with Gasteiger partial charge in [-0.25, -0.2) is 0 Å². The van der Waals surface area contributed by atoms with Crippen LogP contribution >= 0.6 is 0 Å². The van der Waals surface area contributed by atoms with Gasteiger partial charge in [0.05, 0.1) is 0 Å². The lowest BCUT2D eigenvalue weighted by atomic mass is 9.78. The van der Waals surface area contributed by atoms with Gasteiger partial charge in [-0.2, -0.15) is 0 Å². The Bertz CT molecular complexity index is 483. The minimum absolute atomic E-state index is 0.0663. The van der Waals surface area contributed by atoms with Crippen LogP contribution in [-0.2, 0) is 9.59 Å². The standard InChI is InChI=1S/C25H43NO2/c1-5-9-13-19-20(14-10-6-2)22(16-12-8-4)25(21(19)15-11-7-3)26-23(27)17-18-24(26)28/h17-22,25H,5-16H2,1-4H3. The summed E-state index contributed by atoms with van der Waals surface area (Å²) in [5.74, 6) is 2.19. The Kier molecular flexibility index (Phi) is 9.74. The van der Waals surface area contributed by atoms with E-state index in [2.05, 4.69) is 27.7 Å². The van der Waals surface area contributed by atoms with Crippen molar-refractivity contribution in [1.82, 2.24) is 4.90 Å². The van der Waals surface area contributed by atoms with Gasteiger partial charge in [-0.3, -0.25) is 14.5 Å². The minimum atomic E-state index is -0.0663. The highest BCUT2D eigenvalue weighted by atomic mass is 16.2. The Morgan fingerprint density at radius 3 is 1.25 bits per heavy atom. The quantitative estimate of drug-likeness (QED) is 0.336. The highest BCUT2D eigenvalue weighted by molar-refractivity contribution is 6.13. The molecule has 2 aliphatic rings. The third kappa shape index (κ3) is 5.27. The molecule has 0 radical (unpaired) electrons. The molecular formula is C25H43NO2. The van der Waals surface area contributed by atoms with Gasteiger partial charge in [-0.05, 0) is 49.4 Å². The predicted molar refractivity (Wildman–Crippen MR) is 117 cm³/mol. The average Bonchev–Trinajstić information content (AvgIpc) is 3.16. The number of nitrogens with zero attached hydrogens (tertiary/aromatic N) is 1. The molecule has 2 rings (SSSR count). The Labute approximate surface area is 173 Å². The van der Waals surface area contributed by atoms with Gasteiger partial charge < -0.3 is 0 Å². The van der Waals surface area contributed by atoms with E-state index in [-0.39, 0.29) is 17.9 Å². The van der Waals surface area contributed by atoms with Gasteiger partial charge in [-0.15, -0.1) is 0 Å². The number of hydrogen-bond donors (Lipinski definition) is 0. The van der Waals surface area contributed by atoms with E-state index in [0.29, 0.717) is 23.7 Å². The predicted octanol–water partition coefficient (Wildman–Crippen LogP) is 6.52. The maximum Gasteiger partial charge on any atom is 0.253 e. The topological polar surface area (TPSA) is 37.4 Å². The van der Waals surface area contributed by atoms with Crippen LogP contribution in [0.1, 0.15) is 105 Å². The normalized spacial score (nSPS) is 30.0. The Morgan fingerprint density at radius 2 is 0.929 bits per heavy atom. The fourth-order valence-electron chi connectivity index (χ4n) is 5.93. The van der Waals surface area contributed by atoms with Crippen LogP contribution in [0, 0.1) is 23.7 Å². The maximum atomic E-state index is 12.7. The van der Waals surface area contributed by atoms with Crippen molar-refractivity contribution in [2.45, 2.75) is 111 Å². The molecular weight excluding hydrogens is 346 g/mol. The molecule has 0 saturated heterocycles. The number of unbranched alkanes of at least 4 members (excludes halogenated alkanes) is 4. The first kappa shape index (κ1) is 23.2. The summed E-state index contributed by atoms with van der Waals surface area (Å²) in [6.45, 7) is 9.06. The van der Waals surface area contributed by atoms with Crippen LogP contribution in [0.15, 0.2) is 12.2 Å². The summed E-state index contributed by atoms with van der Waals surface area (Å²) < 4.78 is 0. The van der Waals surface area contributed by atoms with Gasteiger partial charge >= 0.3 is 0 Å². The Morgan fingerprint density at radius 1 is 0.607 bits per heavy atom. The number of amides is 2. The zero-order chi connectivity index (χ0) is 20.5. The third-order valence-electron chi connectivity index (χ3n) is 7.23. The second-order valence-electron chi connectivity index (χ2n) is 9.09. The number of carbonyl (C=O) groups is 2. The number of carbonyl (C=O) groups excluding carboxylic acids is 2. The fraction of sp³-hybridized carbons (Fsp3) is 0.840. The van der Waals surface area contributed by atoms with Crippen LogP contribution in [0.5, 0.6) is 0 Å².